The van der Waals surface area contributed by atoms with Crippen molar-refractivity contribution in [2.75, 3.05) is 6.54 Å². The second-order valence-electron chi connectivity index (χ2n) is 4.57. The van der Waals surface area contributed by atoms with Gasteiger partial charge in [0.2, 0.25) is 11.8 Å². The predicted octanol–water partition coefficient (Wildman–Crippen LogP) is 1.18. The van der Waals surface area contributed by atoms with Gasteiger partial charge in [-0.15, -0.1) is 24.8 Å². The highest BCUT2D eigenvalue weighted by Crippen LogP contribution is 1.95. The summed E-state index contributed by atoms with van der Waals surface area (Å²) in [6.07, 6.45) is 5.14. The highest BCUT2D eigenvalue weighted by atomic mass is 35.5. The zero-order valence-electron chi connectivity index (χ0n) is 12.6. The van der Waals surface area contributed by atoms with Gasteiger partial charge in [0.25, 0.3) is 0 Å². The Balaban J connectivity index is 0. The van der Waals surface area contributed by atoms with Crippen LogP contribution >= 0.6 is 24.8 Å². The Bertz CT molecular complexity index is 432. The Morgan fingerprint density at radius 1 is 1.32 bits per heavy atom. The van der Waals surface area contributed by atoms with Gasteiger partial charge in [0, 0.05) is 31.9 Å². The summed E-state index contributed by atoms with van der Waals surface area (Å²) >= 11 is 0. The van der Waals surface area contributed by atoms with E-state index in [2.05, 4.69) is 15.6 Å². The minimum absolute atomic E-state index is 0. The van der Waals surface area contributed by atoms with Gasteiger partial charge in [-0.3, -0.25) is 14.6 Å². The monoisotopic (exact) mass is 350 g/mol. The third kappa shape index (κ3) is 9.55. The first-order valence-electron chi connectivity index (χ1n) is 6.82. The summed E-state index contributed by atoms with van der Waals surface area (Å²) in [5.41, 5.74) is 6.60. The number of aromatic nitrogens is 1. The van der Waals surface area contributed by atoms with Crippen molar-refractivity contribution in [3.8, 4) is 0 Å². The lowest BCUT2D eigenvalue weighted by atomic mass is 10.1. The number of carbonyl (C=O) groups excluding carboxylic acids is 2. The minimum atomic E-state index is -0.488. The first-order chi connectivity index (χ1) is 9.63. The molecule has 1 rings (SSSR count). The van der Waals surface area contributed by atoms with Crippen LogP contribution in [-0.2, 0) is 16.1 Å². The van der Waals surface area contributed by atoms with Crippen molar-refractivity contribution in [2.24, 2.45) is 5.73 Å². The molecule has 1 atom stereocenters. The molecule has 1 aromatic rings. The van der Waals surface area contributed by atoms with Crippen LogP contribution in [0.25, 0.3) is 0 Å². The number of nitrogens with two attached hydrogens (primary N) is 1. The van der Waals surface area contributed by atoms with Gasteiger partial charge < -0.3 is 16.4 Å². The molecule has 0 aliphatic carbocycles. The maximum atomic E-state index is 11.6. The van der Waals surface area contributed by atoms with Gasteiger partial charge >= 0.3 is 0 Å². The summed E-state index contributed by atoms with van der Waals surface area (Å²) in [4.78, 5) is 27.1. The van der Waals surface area contributed by atoms with E-state index in [9.17, 15) is 9.59 Å². The molecule has 2 amide bonds. The largest absolute Gasteiger partial charge is 0.354 e. The minimum Gasteiger partial charge on any atom is -0.354 e. The molecule has 8 heteroatoms. The van der Waals surface area contributed by atoms with E-state index in [1.165, 1.54) is 0 Å². The lowest BCUT2D eigenvalue weighted by Crippen LogP contribution is -2.41. The molecule has 22 heavy (non-hydrogen) atoms. The normalized spacial score (nSPS) is 10.6. The lowest BCUT2D eigenvalue weighted by molar-refractivity contribution is -0.123. The summed E-state index contributed by atoms with van der Waals surface area (Å²) in [6, 6.07) is 3.22. The second kappa shape index (κ2) is 13.3. The van der Waals surface area contributed by atoms with Crippen LogP contribution in [0.4, 0.5) is 0 Å². The smallest absolute Gasteiger partial charge is 0.236 e. The third-order valence-electron chi connectivity index (χ3n) is 2.80. The highest BCUT2D eigenvalue weighted by Gasteiger charge is 2.11. The van der Waals surface area contributed by atoms with E-state index < -0.39 is 6.04 Å². The average Bonchev–Trinajstić information content (AvgIpc) is 2.46. The quantitative estimate of drug-likeness (QED) is 0.655. The number of amides is 2. The lowest BCUT2D eigenvalue weighted by Gasteiger charge is -2.11. The van der Waals surface area contributed by atoms with Crippen LogP contribution in [0.2, 0.25) is 0 Å². The molecule has 0 saturated carbocycles. The molecule has 4 N–H and O–H groups in total. The molecule has 1 heterocycles. The SMILES string of the molecule is CCCC(N)C(=O)NCCC(=O)NCc1cccnc1.Cl.Cl. The first kappa shape index (κ1) is 22.9. The number of hydrogen-bond acceptors (Lipinski definition) is 4. The number of pyridine rings is 1. The van der Waals surface area contributed by atoms with E-state index in [-0.39, 0.29) is 43.0 Å². The maximum absolute atomic E-state index is 11.6. The van der Waals surface area contributed by atoms with Gasteiger partial charge in [-0.05, 0) is 18.1 Å². The molecule has 1 unspecified atom stereocenters. The number of carbonyl (C=O) groups is 2. The Kier molecular flexibility index (Phi) is 13.9. The number of hydrogen-bond donors (Lipinski definition) is 3. The second-order valence-corrected chi connectivity index (χ2v) is 4.57. The average molecular weight is 351 g/mol. The van der Waals surface area contributed by atoms with Gasteiger partial charge in [0.1, 0.15) is 0 Å². The Morgan fingerprint density at radius 3 is 2.64 bits per heavy atom. The number of nitrogens with zero attached hydrogens (tertiary/aromatic N) is 1. The van der Waals surface area contributed by atoms with Crippen molar-refractivity contribution >= 4 is 36.6 Å². The fourth-order valence-corrected chi connectivity index (χ4v) is 1.66. The molecule has 0 radical (unpaired) electrons. The van der Waals surface area contributed by atoms with Crippen LogP contribution in [0.5, 0.6) is 0 Å². The molecule has 6 nitrogen and oxygen atoms in total. The molecule has 0 saturated heterocycles. The zero-order valence-corrected chi connectivity index (χ0v) is 14.2. The fraction of sp³-hybridized carbons (Fsp3) is 0.500. The fourth-order valence-electron chi connectivity index (χ4n) is 1.66. The predicted molar refractivity (Wildman–Crippen MR) is 91.1 cm³/mol. The van der Waals surface area contributed by atoms with E-state index >= 15 is 0 Å². The van der Waals surface area contributed by atoms with E-state index in [4.69, 9.17) is 5.73 Å². The number of nitrogens with one attached hydrogen (secondary N) is 2. The summed E-state index contributed by atoms with van der Waals surface area (Å²) < 4.78 is 0. The van der Waals surface area contributed by atoms with Crippen LogP contribution < -0.4 is 16.4 Å². The molecular formula is C14H24Cl2N4O2. The van der Waals surface area contributed by atoms with Crippen molar-refractivity contribution in [3.63, 3.8) is 0 Å². The molecule has 0 bridgehead atoms. The van der Waals surface area contributed by atoms with E-state index in [0.717, 1.165) is 12.0 Å². The van der Waals surface area contributed by atoms with Crippen molar-refractivity contribution in [3.05, 3.63) is 30.1 Å². The topological polar surface area (TPSA) is 97.1 Å². The standard InChI is InChI=1S/C14H22N4O2.2ClH/c1-2-4-12(15)14(20)17-8-6-13(19)18-10-11-5-3-7-16-9-11;;/h3,5,7,9,12H,2,4,6,8,10,15H2,1H3,(H,17,20)(H,18,19);2*1H. The highest BCUT2D eigenvalue weighted by molar-refractivity contribution is 5.85. The molecule has 126 valence electrons. The van der Waals surface area contributed by atoms with Gasteiger partial charge in [-0.2, -0.15) is 0 Å². The summed E-state index contributed by atoms with van der Waals surface area (Å²) in [5, 5.41) is 5.42. The summed E-state index contributed by atoms with van der Waals surface area (Å²) in [5.74, 6) is -0.315. The van der Waals surface area contributed by atoms with E-state index in [1.54, 1.807) is 12.4 Å². The molecule has 0 spiro atoms. The molecule has 0 aliphatic heterocycles. The molecule has 0 aliphatic rings. The van der Waals surface area contributed by atoms with Gasteiger partial charge in [-0.25, -0.2) is 0 Å². The molecule has 0 aromatic carbocycles. The molecule has 1 aromatic heterocycles. The van der Waals surface area contributed by atoms with Gasteiger partial charge in [0.05, 0.1) is 6.04 Å². The van der Waals surface area contributed by atoms with Crippen LogP contribution in [0.1, 0.15) is 31.7 Å². The van der Waals surface area contributed by atoms with Crippen LogP contribution in [0.3, 0.4) is 0 Å². The Hall–Kier alpha value is -1.37. The molecular weight excluding hydrogens is 327 g/mol. The van der Waals surface area contributed by atoms with Gasteiger partial charge in [0.15, 0.2) is 0 Å². The number of halogens is 2. The number of rotatable bonds is 8. The summed E-state index contributed by atoms with van der Waals surface area (Å²) in [7, 11) is 0. The Labute approximate surface area is 143 Å². The molecule has 0 fully saturated rings. The maximum Gasteiger partial charge on any atom is 0.236 e. The zero-order chi connectivity index (χ0) is 14.8. The summed E-state index contributed by atoms with van der Waals surface area (Å²) in [6.45, 7) is 2.71. The van der Waals surface area contributed by atoms with Crippen molar-refractivity contribution in [1.82, 2.24) is 15.6 Å². The van der Waals surface area contributed by atoms with Crippen LogP contribution in [0.15, 0.2) is 24.5 Å². The van der Waals surface area contributed by atoms with E-state index in [0.29, 0.717) is 19.5 Å². The van der Waals surface area contributed by atoms with Crippen molar-refractivity contribution in [1.29, 1.82) is 0 Å². The Morgan fingerprint density at radius 2 is 2.05 bits per heavy atom. The van der Waals surface area contributed by atoms with Crippen molar-refractivity contribution in [2.45, 2.75) is 38.8 Å². The van der Waals surface area contributed by atoms with Crippen molar-refractivity contribution < 1.29 is 9.59 Å². The van der Waals surface area contributed by atoms with Crippen LogP contribution in [0, 0.1) is 0 Å². The first-order valence-corrected chi connectivity index (χ1v) is 6.82. The van der Waals surface area contributed by atoms with E-state index in [1.807, 2.05) is 19.1 Å². The van der Waals surface area contributed by atoms with Crippen LogP contribution in [-0.4, -0.2) is 29.4 Å². The van der Waals surface area contributed by atoms with Gasteiger partial charge in [-0.1, -0.05) is 19.4 Å². The third-order valence-corrected chi connectivity index (χ3v) is 2.80.